The number of sulfone groups is 1. The third kappa shape index (κ3) is 3.83. The molecular weight excluding hydrogens is 248 g/mol. The summed E-state index contributed by atoms with van der Waals surface area (Å²) in [5.41, 5.74) is 0.363. The Hall–Kier alpha value is -1.38. The second kappa shape index (κ2) is 5.51. The van der Waals surface area contributed by atoms with Gasteiger partial charge < -0.3 is 0 Å². The minimum Gasteiger partial charge on any atom is -0.296 e. The van der Waals surface area contributed by atoms with Crippen LogP contribution in [0.3, 0.4) is 0 Å². The molecule has 0 saturated carbocycles. The van der Waals surface area contributed by atoms with Crippen LogP contribution in [-0.2, 0) is 16.4 Å². The Balaban J connectivity index is 2.77. The number of nitriles is 1. The summed E-state index contributed by atoms with van der Waals surface area (Å²) in [5.74, 6) is 0.103. The molecule has 0 unspecified atom stereocenters. The number of hydrogen-bond donors (Lipinski definition) is 1. The Morgan fingerprint density at radius 2 is 1.83 bits per heavy atom. The van der Waals surface area contributed by atoms with Gasteiger partial charge in [0.25, 0.3) is 0 Å². The molecule has 0 bridgehead atoms. The molecule has 18 heavy (non-hydrogen) atoms. The summed E-state index contributed by atoms with van der Waals surface area (Å²) >= 11 is 0. The Morgan fingerprint density at radius 1 is 1.28 bits per heavy atom. The molecule has 0 amide bonds. The van der Waals surface area contributed by atoms with Crippen molar-refractivity contribution in [3.63, 3.8) is 0 Å². The van der Waals surface area contributed by atoms with Gasteiger partial charge in [-0.05, 0) is 31.5 Å². The van der Waals surface area contributed by atoms with Crippen LogP contribution >= 0.6 is 0 Å². The zero-order valence-electron chi connectivity index (χ0n) is 10.9. The van der Waals surface area contributed by atoms with E-state index < -0.39 is 15.4 Å². The molecule has 0 radical (unpaired) electrons. The Morgan fingerprint density at radius 3 is 2.28 bits per heavy atom. The fourth-order valence-corrected chi connectivity index (χ4v) is 2.23. The third-order valence-electron chi connectivity index (χ3n) is 2.68. The first-order chi connectivity index (χ1) is 8.30. The largest absolute Gasteiger partial charge is 0.296 e. The fourth-order valence-electron chi connectivity index (χ4n) is 1.34. The number of nitrogens with one attached hydrogen (secondary N) is 1. The lowest BCUT2D eigenvalue weighted by Crippen LogP contribution is -2.36. The maximum Gasteiger partial charge on any atom is 0.178 e. The molecule has 98 valence electrons. The van der Waals surface area contributed by atoms with E-state index in [1.807, 2.05) is 0 Å². The van der Waals surface area contributed by atoms with E-state index in [9.17, 15) is 8.42 Å². The molecule has 5 heteroatoms. The van der Waals surface area contributed by atoms with Crippen molar-refractivity contribution in [1.82, 2.24) is 5.32 Å². The van der Waals surface area contributed by atoms with Crippen LogP contribution in [0.4, 0.5) is 0 Å². The molecule has 0 fully saturated rings. The summed E-state index contributed by atoms with van der Waals surface area (Å²) in [6.45, 7) is 5.75. The van der Waals surface area contributed by atoms with Crippen LogP contribution in [0.1, 0.15) is 26.3 Å². The number of hydrogen-bond acceptors (Lipinski definition) is 4. The van der Waals surface area contributed by atoms with Gasteiger partial charge in [0.15, 0.2) is 9.84 Å². The highest BCUT2D eigenvalue weighted by molar-refractivity contribution is 7.91. The lowest BCUT2D eigenvalue weighted by molar-refractivity contribution is 0.485. The lowest BCUT2D eigenvalue weighted by Gasteiger charge is -2.17. The van der Waals surface area contributed by atoms with Crippen LogP contribution in [0.2, 0.25) is 0 Å². The summed E-state index contributed by atoms with van der Waals surface area (Å²) < 4.78 is 23.2. The molecule has 0 atom stereocenters. The van der Waals surface area contributed by atoms with Crippen LogP contribution in [0.5, 0.6) is 0 Å². The smallest absolute Gasteiger partial charge is 0.178 e. The summed E-state index contributed by atoms with van der Waals surface area (Å²) in [7, 11) is -3.14. The molecule has 1 rings (SSSR count). The second-order valence-corrected chi connectivity index (χ2v) is 6.92. The first-order valence-corrected chi connectivity index (χ1v) is 7.44. The molecule has 0 aromatic heterocycles. The van der Waals surface area contributed by atoms with Crippen LogP contribution in [0.25, 0.3) is 0 Å². The molecule has 4 nitrogen and oxygen atoms in total. The molecule has 1 aromatic carbocycles. The molecule has 1 aromatic rings. The minimum atomic E-state index is -3.14. The van der Waals surface area contributed by atoms with Gasteiger partial charge in [0.2, 0.25) is 0 Å². The second-order valence-electron chi connectivity index (χ2n) is 4.64. The number of nitrogens with zero attached hydrogens (tertiary/aromatic N) is 1. The quantitative estimate of drug-likeness (QED) is 0.883. The van der Waals surface area contributed by atoms with E-state index in [0.717, 1.165) is 5.56 Å². The summed E-state index contributed by atoms with van der Waals surface area (Å²) in [4.78, 5) is 0.341. The van der Waals surface area contributed by atoms with Crippen LogP contribution in [0, 0.1) is 11.3 Å². The van der Waals surface area contributed by atoms with E-state index in [2.05, 4.69) is 11.4 Å². The number of benzene rings is 1. The molecule has 0 saturated heterocycles. The Labute approximate surface area is 109 Å². The van der Waals surface area contributed by atoms with E-state index in [0.29, 0.717) is 11.4 Å². The van der Waals surface area contributed by atoms with Crippen molar-refractivity contribution in [2.75, 3.05) is 5.75 Å². The molecule has 0 heterocycles. The predicted octanol–water partition coefficient (Wildman–Crippen LogP) is 1.87. The van der Waals surface area contributed by atoms with Gasteiger partial charge in [0.05, 0.1) is 16.7 Å². The Bertz CT molecular complexity index is 539. The third-order valence-corrected chi connectivity index (χ3v) is 4.43. The molecule has 0 aliphatic heterocycles. The van der Waals surface area contributed by atoms with Crippen molar-refractivity contribution in [1.29, 1.82) is 5.26 Å². The molecule has 0 aliphatic rings. The first kappa shape index (κ1) is 14.7. The normalized spacial score (nSPS) is 12.1. The zero-order chi connectivity index (χ0) is 13.8. The van der Waals surface area contributed by atoms with Gasteiger partial charge in [-0.1, -0.05) is 19.1 Å². The van der Waals surface area contributed by atoms with E-state index >= 15 is 0 Å². The van der Waals surface area contributed by atoms with Crippen molar-refractivity contribution >= 4 is 9.84 Å². The Kier molecular flexibility index (Phi) is 4.49. The van der Waals surface area contributed by atoms with Crippen molar-refractivity contribution in [3.8, 4) is 6.07 Å². The van der Waals surface area contributed by atoms with Crippen LogP contribution < -0.4 is 5.32 Å². The maximum absolute atomic E-state index is 11.6. The molecule has 0 aliphatic carbocycles. The highest BCUT2D eigenvalue weighted by Crippen LogP contribution is 2.13. The van der Waals surface area contributed by atoms with Gasteiger partial charge in [0, 0.05) is 6.54 Å². The average molecular weight is 266 g/mol. The van der Waals surface area contributed by atoms with E-state index in [-0.39, 0.29) is 5.75 Å². The SMILES string of the molecule is CCS(=O)(=O)c1ccc(CNC(C)(C)C#N)cc1. The van der Waals surface area contributed by atoms with Gasteiger partial charge in [-0.3, -0.25) is 5.32 Å². The van der Waals surface area contributed by atoms with E-state index in [1.54, 1.807) is 45.0 Å². The molecular formula is C13H18N2O2S. The van der Waals surface area contributed by atoms with Gasteiger partial charge >= 0.3 is 0 Å². The molecule has 0 spiro atoms. The number of rotatable bonds is 5. The van der Waals surface area contributed by atoms with Crippen LogP contribution in [-0.4, -0.2) is 19.7 Å². The first-order valence-electron chi connectivity index (χ1n) is 5.79. The maximum atomic E-state index is 11.6. The van der Waals surface area contributed by atoms with Gasteiger partial charge in [-0.25, -0.2) is 8.42 Å². The average Bonchev–Trinajstić information content (AvgIpc) is 2.37. The van der Waals surface area contributed by atoms with Gasteiger partial charge in [-0.15, -0.1) is 0 Å². The highest BCUT2D eigenvalue weighted by Gasteiger charge is 2.15. The standard InChI is InChI=1S/C13H18N2O2S/c1-4-18(16,17)12-7-5-11(6-8-12)9-15-13(2,3)10-14/h5-8,15H,4,9H2,1-3H3. The van der Waals surface area contributed by atoms with Crippen molar-refractivity contribution in [3.05, 3.63) is 29.8 Å². The summed E-state index contributed by atoms with van der Waals surface area (Å²) in [6, 6.07) is 8.90. The summed E-state index contributed by atoms with van der Waals surface area (Å²) in [6.07, 6.45) is 0. The van der Waals surface area contributed by atoms with E-state index in [4.69, 9.17) is 5.26 Å². The van der Waals surface area contributed by atoms with Crippen molar-refractivity contribution < 1.29 is 8.42 Å². The summed E-state index contributed by atoms with van der Waals surface area (Å²) in [5, 5.41) is 11.9. The van der Waals surface area contributed by atoms with Crippen molar-refractivity contribution in [2.45, 2.75) is 37.8 Å². The predicted molar refractivity (Wildman–Crippen MR) is 70.7 cm³/mol. The van der Waals surface area contributed by atoms with Gasteiger partial charge in [0.1, 0.15) is 5.54 Å². The van der Waals surface area contributed by atoms with Crippen LogP contribution in [0.15, 0.2) is 29.2 Å². The molecule has 1 N–H and O–H groups in total. The highest BCUT2D eigenvalue weighted by atomic mass is 32.2. The topological polar surface area (TPSA) is 70.0 Å². The lowest BCUT2D eigenvalue weighted by atomic mass is 10.1. The zero-order valence-corrected chi connectivity index (χ0v) is 11.7. The fraction of sp³-hybridized carbons (Fsp3) is 0.462. The monoisotopic (exact) mass is 266 g/mol. The minimum absolute atomic E-state index is 0.103. The van der Waals surface area contributed by atoms with Crippen molar-refractivity contribution in [2.24, 2.45) is 0 Å². The van der Waals surface area contributed by atoms with E-state index in [1.165, 1.54) is 0 Å². The van der Waals surface area contributed by atoms with Gasteiger partial charge in [-0.2, -0.15) is 5.26 Å².